The van der Waals surface area contributed by atoms with Gasteiger partial charge in [0.1, 0.15) is 0 Å². The maximum Gasteiger partial charge on any atom is 0.0825 e. The smallest absolute Gasteiger partial charge is 0.0825 e. The summed E-state index contributed by atoms with van der Waals surface area (Å²) in [5, 5.41) is 4.34. The van der Waals surface area contributed by atoms with Gasteiger partial charge in [0.15, 0.2) is 0 Å². The summed E-state index contributed by atoms with van der Waals surface area (Å²) in [6.07, 6.45) is 2.30. The van der Waals surface area contributed by atoms with E-state index in [4.69, 9.17) is 10.5 Å². The summed E-state index contributed by atoms with van der Waals surface area (Å²) in [5.74, 6) is 0. The Bertz CT molecular complexity index is 307. The van der Waals surface area contributed by atoms with Crippen LogP contribution in [0.4, 0.5) is 5.69 Å². The first-order valence-corrected chi connectivity index (χ1v) is 5.54. The Labute approximate surface area is 91.4 Å². The lowest BCUT2D eigenvalue weighted by atomic mass is 10.3. The van der Waals surface area contributed by atoms with Crippen molar-refractivity contribution in [3.8, 4) is 0 Å². The third kappa shape index (κ3) is 3.23. The van der Waals surface area contributed by atoms with Gasteiger partial charge in [-0.3, -0.25) is 4.68 Å². The van der Waals surface area contributed by atoms with E-state index in [0.717, 1.165) is 36.6 Å². The second kappa shape index (κ2) is 5.75. The number of hydrogen-bond acceptors (Lipinski definition) is 3. The summed E-state index contributed by atoms with van der Waals surface area (Å²) >= 11 is 0. The number of hydrogen-bond donors (Lipinski definition) is 1. The van der Waals surface area contributed by atoms with Crippen LogP contribution in [0.5, 0.6) is 0 Å². The van der Waals surface area contributed by atoms with Gasteiger partial charge in [-0.25, -0.2) is 0 Å². The first-order chi connectivity index (χ1) is 7.16. The quantitative estimate of drug-likeness (QED) is 0.731. The molecule has 1 aromatic rings. The molecule has 0 saturated carbocycles. The van der Waals surface area contributed by atoms with Gasteiger partial charge in [0.2, 0.25) is 0 Å². The van der Waals surface area contributed by atoms with Crippen LogP contribution in [-0.4, -0.2) is 23.0 Å². The number of rotatable bonds is 6. The number of aryl methyl sites for hydroxylation is 1. The van der Waals surface area contributed by atoms with E-state index in [0.29, 0.717) is 6.61 Å². The molecule has 1 aromatic heterocycles. The number of nitrogen functional groups attached to an aromatic ring is 1. The molecule has 0 unspecified atom stereocenters. The standard InChI is InChI=1S/C11H21N3O/c1-4-5-7-15-8-6-14-10(3)11(12)9(2)13-14/h4-8,12H2,1-3H3. The van der Waals surface area contributed by atoms with E-state index < -0.39 is 0 Å². The normalized spacial score (nSPS) is 10.9. The molecule has 0 radical (unpaired) electrons. The Morgan fingerprint density at radius 2 is 2.07 bits per heavy atom. The topological polar surface area (TPSA) is 53.1 Å². The van der Waals surface area contributed by atoms with Crippen molar-refractivity contribution in [2.24, 2.45) is 0 Å². The second-order valence-corrected chi connectivity index (χ2v) is 3.77. The SMILES string of the molecule is CCCCOCCn1nc(C)c(N)c1C. The summed E-state index contributed by atoms with van der Waals surface area (Å²) in [5.41, 5.74) is 8.56. The van der Waals surface area contributed by atoms with Crippen molar-refractivity contribution in [1.29, 1.82) is 0 Å². The van der Waals surface area contributed by atoms with Gasteiger partial charge in [-0.1, -0.05) is 13.3 Å². The summed E-state index contributed by atoms with van der Waals surface area (Å²) in [6.45, 7) is 8.41. The fourth-order valence-corrected chi connectivity index (χ4v) is 1.43. The number of aromatic nitrogens is 2. The minimum Gasteiger partial charge on any atom is -0.396 e. The molecule has 2 N–H and O–H groups in total. The molecule has 0 bridgehead atoms. The molecule has 4 heteroatoms. The zero-order chi connectivity index (χ0) is 11.3. The molecule has 0 saturated heterocycles. The summed E-state index contributed by atoms with van der Waals surface area (Å²) in [7, 11) is 0. The Balaban J connectivity index is 2.34. The van der Waals surface area contributed by atoms with Crippen molar-refractivity contribution in [3.05, 3.63) is 11.4 Å². The van der Waals surface area contributed by atoms with Crippen molar-refractivity contribution in [2.45, 2.75) is 40.2 Å². The van der Waals surface area contributed by atoms with Gasteiger partial charge in [-0.15, -0.1) is 0 Å². The van der Waals surface area contributed by atoms with E-state index >= 15 is 0 Å². The largest absolute Gasteiger partial charge is 0.396 e. The first-order valence-electron chi connectivity index (χ1n) is 5.54. The van der Waals surface area contributed by atoms with Crippen molar-refractivity contribution in [1.82, 2.24) is 9.78 Å². The van der Waals surface area contributed by atoms with E-state index in [1.807, 2.05) is 18.5 Å². The number of unbranched alkanes of at least 4 members (excludes halogenated alkanes) is 1. The van der Waals surface area contributed by atoms with Crippen LogP contribution < -0.4 is 5.73 Å². The van der Waals surface area contributed by atoms with Gasteiger partial charge in [0.05, 0.1) is 30.2 Å². The van der Waals surface area contributed by atoms with Crippen LogP contribution in [-0.2, 0) is 11.3 Å². The summed E-state index contributed by atoms with van der Waals surface area (Å²) in [4.78, 5) is 0. The van der Waals surface area contributed by atoms with Crippen molar-refractivity contribution in [2.75, 3.05) is 18.9 Å². The third-order valence-corrected chi connectivity index (χ3v) is 2.53. The molecular formula is C11H21N3O. The molecule has 0 aliphatic carbocycles. The average Bonchev–Trinajstić information content (AvgIpc) is 2.46. The van der Waals surface area contributed by atoms with Crippen LogP contribution in [0.1, 0.15) is 31.2 Å². The van der Waals surface area contributed by atoms with E-state index in [-0.39, 0.29) is 0 Å². The number of anilines is 1. The summed E-state index contributed by atoms with van der Waals surface area (Å²) < 4.78 is 7.39. The van der Waals surface area contributed by atoms with E-state index in [2.05, 4.69) is 12.0 Å². The second-order valence-electron chi connectivity index (χ2n) is 3.77. The lowest BCUT2D eigenvalue weighted by molar-refractivity contribution is 0.120. The molecule has 0 aliphatic rings. The van der Waals surface area contributed by atoms with Gasteiger partial charge < -0.3 is 10.5 Å². The van der Waals surface area contributed by atoms with Crippen LogP contribution in [0, 0.1) is 13.8 Å². The van der Waals surface area contributed by atoms with Gasteiger partial charge in [0, 0.05) is 6.61 Å². The predicted octanol–water partition coefficient (Wildman–Crippen LogP) is 1.90. The highest BCUT2D eigenvalue weighted by atomic mass is 16.5. The van der Waals surface area contributed by atoms with E-state index in [1.54, 1.807) is 0 Å². The van der Waals surface area contributed by atoms with Crippen molar-refractivity contribution < 1.29 is 4.74 Å². The molecule has 0 spiro atoms. The Kier molecular flexibility index (Phi) is 4.62. The van der Waals surface area contributed by atoms with Crippen LogP contribution in [0.15, 0.2) is 0 Å². The molecule has 4 nitrogen and oxygen atoms in total. The fraction of sp³-hybridized carbons (Fsp3) is 0.727. The minimum atomic E-state index is 0.710. The lowest BCUT2D eigenvalue weighted by Crippen LogP contribution is -2.09. The molecule has 1 rings (SSSR count). The highest BCUT2D eigenvalue weighted by Crippen LogP contribution is 2.14. The monoisotopic (exact) mass is 211 g/mol. The van der Waals surface area contributed by atoms with Crippen LogP contribution in [0.25, 0.3) is 0 Å². The fourth-order valence-electron chi connectivity index (χ4n) is 1.43. The van der Waals surface area contributed by atoms with Crippen molar-refractivity contribution in [3.63, 3.8) is 0 Å². The van der Waals surface area contributed by atoms with E-state index in [9.17, 15) is 0 Å². The zero-order valence-corrected chi connectivity index (χ0v) is 9.92. The molecular weight excluding hydrogens is 190 g/mol. The number of nitrogens with two attached hydrogens (primary N) is 1. The van der Waals surface area contributed by atoms with Crippen LogP contribution in [0.2, 0.25) is 0 Å². The Morgan fingerprint density at radius 3 is 2.60 bits per heavy atom. The summed E-state index contributed by atoms with van der Waals surface area (Å²) in [6, 6.07) is 0. The molecule has 86 valence electrons. The van der Waals surface area contributed by atoms with Gasteiger partial charge in [-0.05, 0) is 20.3 Å². The molecule has 0 aromatic carbocycles. The molecule has 1 heterocycles. The lowest BCUT2D eigenvalue weighted by Gasteiger charge is -2.05. The maximum absolute atomic E-state index is 5.83. The van der Waals surface area contributed by atoms with Crippen LogP contribution in [0.3, 0.4) is 0 Å². The highest BCUT2D eigenvalue weighted by molar-refractivity contribution is 5.46. The van der Waals surface area contributed by atoms with Gasteiger partial charge in [-0.2, -0.15) is 5.10 Å². The molecule has 0 fully saturated rings. The Hall–Kier alpha value is -1.03. The average molecular weight is 211 g/mol. The minimum absolute atomic E-state index is 0.710. The molecule has 0 atom stereocenters. The number of nitrogens with zero attached hydrogens (tertiary/aromatic N) is 2. The zero-order valence-electron chi connectivity index (χ0n) is 9.92. The highest BCUT2D eigenvalue weighted by Gasteiger charge is 2.06. The van der Waals surface area contributed by atoms with Gasteiger partial charge >= 0.3 is 0 Å². The van der Waals surface area contributed by atoms with Crippen LogP contribution >= 0.6 is 0 Å². The first kappa shape index (κ1) is 12.0. The maximum atomic E-state index is 5.83. The predicted molar refractivity (Wildman–Crippen MR) is 61.8 cm³/mol. The third-order valence-electron chi connectivity index (χ3n) is 2.53. The molecule has 15 heavy (non-hydrogen) atoms. The number of ether oxygens (including phenoxy) is 1. The van der Waals surface area contributed by atoms with E-state index in [1.165, 1.54) is 6.42 Å². The molecule has 0 aliphatic heterocycles. The van der Waals surface area contributed by atoms with Gasteiger partial charge in [0.25, 0.3) is 0 Å². The Morgan fingerprint density at radius 1 is 1.33 bits per heavy atom. The van der Waals surface area contributed by atoms with Crippen molar-refractivity contribution >= 4 is 5.69 Å². The molecule has 0 amide bonds.